The molecular weight excluding hydrogens is 414 g/mol. The topological polar surface area (TPSA) is 139 Å². The van der Waals surface area contributed by atoms with E-state index in [0.717, 1.165) is 0 Å². The first-order valence-corrected chi connectivity index (χ1v) is 10.8. The number of ether oxygens (including phenoxy) is 2. The summed E-state index contributed by atoms with van der Waals surface area (Å²) < 4.78 is 11.8. The molecule has 1 saturated heterocycles. The maximum absolute atomic E-state index is 13.1. The van der Waals surface area contributed by atoms with E-state index in [9.17, 15) is 24.9 Å². The van der Waals surface area contributed by atoms with Crippen LogP contribution < -0.4 is 5.73 Å². The van der Waals surface area contributed by atoms with E-state index < -0.39 is 36.1 Å². The summed E-state index contributed by atoms with van der Waals surface area (Å²) in [6.45, 7) is 1.73. The van der Waals surface area contributed by atoms with Gasteiger partial charge < -0.3 is 30.5 Å². The molecule has 0 bridgehead atoms. The molecule has 8 heteroatoms. The van der Waals surface area contributed by atoms with Gasteiger partial charge in [0.1, 0.15) is 11.5 Å². The van der Waals surface area contributed by atoms with E-state index in [2.05, 4.69) is 0 Å². The van der Waals surface area contributed by atoms with Crippen molar-refractivity contribution in [3.8, 4) is 11.5 Å². The number of aliphatic hydroxyl groups is 1. The van der Waals surface area contributed by atoms with E-state index >= 15 is 0 Å². The van der Waals surface area contributed by atoms with Crippen LogP contribution in [0.15, 0.2) is 24.3 Å². The summed E-state index contributed by atoms with van der Waals surface area (Å²) in [4.78, 5) is 26.1. The number of rotatable bonds is 2. The van der Waals surface area contributed by atoms with E-state index in [0.29, 0.717) is 30.4 Å². The van der Waals surface area contributed by atoms with Gasteiger partial charge in [-0.25, -0.2) is 0 Å². The van der Waals surface area contributed by atoms with Crippen molar-refractivity contribution in [2.24, 2.45) is 5.73 Å². The third-order valence-corrected chi connectivity index (χ3v) is 6.77. The molecule has 5 N–H and O–H groups in total. The zero-order chi connectivity index (χ0) is 22.7. The molecular formula is C24H25NO7. The highest BCUT2D eigenvalue weighted by Gasteiger charge is 2.40. The fourth-order valence-electron chi connectivity index (χ4n) is 5.04. The number of carbonyl (C=O) groups excluding carboxylic acids is 2. The van der Waals surface area contributed by atoms with Crippen molar-refractivity contribution in [1.82, 2.24) is 0 Å². The molecule has 1 aliphatic heterocycles. The molecule has 1 fully saturated rings. The molecule has 0 aromatic heterocycles. The summed E-state index contributed by atoms with van der Waals surface area (Å²) in [5.74, 6) is -1.48. The molecule has 2 aromatic rings. The van der Waals surface area contributed by atoms with Crippen LogP contribution in [0.25, 0.3) is 0 Å². The number of phenols is 2. The summed E-state index contributed by atoms with van der Waals surface area (Å²) in [7, 11) is 0. The second-order valence-corrected chi connectivity index (χ2v) is 8.77. The number of phenolic OH excluding ortho intramolecular Hbond substituents is 2. The van der Waals surface area contributed by atoms with Gasteiger partial charge >= 0.3 is 0 Å². The van der Waals surface area contributed by atoms with Gasteiger partial charge in [-0.1, -0.05) is 24.3 Å². The van der Waals surface area contributed by atoms with Gasteiger partial charge in [0, 0.05) is 41.1 Å². The van der Waals surface area contributed by atoms with E-state index in [1.165, 1.54) is 0 Å². The normalized spacial score (nSPS) is 29.3. The zero-order valence-corrected chi connectivity index (χ0v) is 17.6. The lowest BCUT2D eigenvalue weighted by atomic mass is 9.77. The van der Waals surface area contributed by atoms with Crippen molar-refractivity contribution in [2.45, 2.75) is 63.3 Å². The Bertz CT molecular complexity index is 1120. The van der Waals surface area contributed by atoms with Crippen LogP contribution in [0.1, 0.15) is 62.7 Å². The van der Waals surface area contributed by atoms with E-state index in [1.54, 1.807) is 31.2 Å². The molecule has 0 amide bonds. The minimum atomic E-state index is -0.763. The lowest BCUT2D eigenvalue weighted by molar-refractivity contribution is -0.239. The first kappa shape index (κ1) is 21.1. The number of hydrogen-bond donors (Lipinski definition) is 4. The molecule has 2 aliphatic carbocycles. The van der Waals surface area contributed by atoms with Crippen molar-refractivity contribution in [3.05, 3.63) is 57.6 Å². The summed E-state index contributed by atoms with van der Waals surface area (Å²) in [5, 5.41) is 31.9. The minimum absolute atomic E-state index is 0.131. The monoisotopic (exact) mass is 439 g/mol. The molecule has 1 heterocycles. The number of hydrogen-bond acceptors (Lipinski definition) is 8. The van der Waals surface area contributed by atoms with Crippen molar-refractivity contribution in [3.63, 3.8) is 0 Å². The highest BCUT2D eigenvalue weighted by molar-refractivity contribution is 6.30. The Hall–Kier alpha value is -2.78. The standard InChI is InChI=1S/C24H25NO7/c1-10-20(26)16(25)9-17(31-10)32-11-6-7-14-15(8-11)24(30)19-18(23(14)29)21(27)12-4-2-3-5-13(12)22(19)28/h2-5,10-11,16-17,20,26,29-30H,6-9,25H2,1H3/t10-,11+,16+,17-,20-/m0/s1. The predicted octanol–water partition coefficient (Wildman–Crippen LogP) is 1.57. The van der Waals surface area contributed by atoms with Crippen molar-refractivity contribution < 1.29 is 34.4 Å². The highest BCUT2D eigenvalue weighted by Crippen LogP contribution is 2.46. The average Bonchev–Trinajstić information content (AvgIpc) is 2.78. The number of nitrogens with two attached hydrogens (primary N) is 1. The lowest BCUT2D eigenvalue weighted by Gasteiger charge is -2.38. The smallest absolute Gasteiger partial charge is 0.198 e. The third-order valence-electron chi connectivity index (χ3n) is 6.77. The second-order valence-electron chi connectivity index (χ2n) is 8.77. The third kappa shape index (κ3) is 3.14. The molecule has 5 atom stereocenters. The Balaban J connectivity index is 1.47. The number of benzene rings is 2. The molecule has 168 valence electrons. The van der Waals surface area contributed by atoms with Crippen LogP contribution in [0.2, 0.25) is 0 Å². The van der Waals surface area contributed by atoms with Gasteiger partial charge in [0.15, 0.2) is 17.9 Å². The molecule has 2 aromatic carbocycles. The fourth-order valence-corrected chi connectivity index (χ4v) is 5.04. The quantitative estimate of drug-likeness (QED) is 0.441. The Kier molecular flexibility index (Phi) is 5.05. The summed E-state index contributed by atoms with van der Waals surface area (Å²) in [6.07, 6.45) is -0.688. The highest BCUT2D eigenvalue weighted by atomic mass is 16.7. The molecule has 0 radical (unpaired) electrons. The molecule has 32 heavy (non-hydrogen) atoms. The van der Waals surface area contributed by atoms with Crippen LogP contribution in [-0.4, -0.2) is 57.5 Å². The van der Waals surface area contributed by atoms with Crippen LogP contribution in [-0.2, 0) is 22.3 Å². The Morgan fingerprint density at radius 2 is 1.62 bits per heavy atom. The van der Waals surface area contributed by atoms with Gasteiger partial charge in [0.05, 0.1) is 29.4 Å². The SMILES string of the molecule is C[C@@H]1O[C@@H](O[C@@H]2CCc3c(O)c4c(c(O)c3C2)C(=O)c2ccccc2C4=O)C[C@@H](N)[C@H]1O. The first-order valence-electron chi connectivity index (χ1n) is 10.8. The van der Waals surface area contributed by atoms with E-state index in [4.69, 9.17) is 15.2 Å². The second kappa shape index (κ2) is 7.67. The summed E-state index contributed by atoms with van der Waals surface area (Å²) in [6, 6.07) is 5.93. The van der Waals surface area contributed by atoms with Crippen molar-refractivity contribution in [1.29, 1.82) is 0 Å². The van der Waals surface area contributed by atoms with Crippen LogP contribution >= 0.6 is 0 Å². The molecule has 0 spiro atoms. The van der Waals surface area contributed by atoms with E-state index in [-0.39, 0.29) is 46.3 Å². The summed E-state index contributed by atoms with van der Waals surface area (Å²) >= 11 is 0. The molecule has 8 nitrogen and oxygen atoms in total. The summed E-state index contributed by atoms with van der Waals surface area (Å²) in [5.41, 5.74) is 6.99. The van der Waals surface area contributed by atoms with Gasteiger partial charge in [0.25, 0.3) is 0 Å². The minimum Gasteiger partial charge on any atom is -0.507 e. The maximum atomic E-state index is 13.1. The number of aromatic hydroxyl groups is 2. The largest absolute Gasteiger partial charge is 0.507 e. The number of fused-ring (bicyclic) bond motifs is 3. The molecule has 5 rings (SSSR count). The van der Waals surface area contributed by atoms with Crippen LogP contribution in [0.5, 0.6) is 11.5 Å². The Morgan fingerprint density at radius 3 is 2.22 bits per heavy atom. The van der Waals surface area contributed by atoms with Crippen molar-refractivity contribution >= 4 is 11.6 Å². The van der Waals surface area contributed by atoms with E-state index in [1.807, 2.05) is 0 Å². The molecule has 0 saturated carbocycles. The van der Waals surface area contributed by atoms with Gasteiger partial charge in [-0.15, -0.1) is 0 Å². The average molecular weight is 439 g/mol. The van der Waals surface area contributed by atoms with Gasteiger partial charge in [-0.3, -0.25) is 9.59 Å². The zero-order valence-electron chi connectivity index (χ0n) is 17.6. The number of carbonyl (C=O) groups is 2. The fraction of sp³-hybridized carbons (Fsp3) is 0.417. The lowest BCUT2D eigenvalue weighted by Crippen LogP contribution is -2.52. The van der Waals surface area contributed by atoms with Gasteiger partial charge in [0.2, 0.25) is 0 Å². The number of ketones is 2. The predicted molar refractivity (Wildman–Crippen MR) is 113 cm³/mol. The Labute approximate surface area is 184 Å². The van der Waals surface area contributed by atoms with Crippen LogP contribution in [0.3, 0.4) is 0 Å². The first-order chi connectivity index (χ1) is 15.3. The number of aliphatic hydroxyl groups excluding tert-OH is 1. The maximum Gasteiger partial charge on any atom is 0.198 e. The van der Waals surface area contributed by atoms with Gasteiger partial charge in [-0.05, 0) is 19.8 Å². The molecule has 0 unspecified atom stereocenters. The van der Waals surface area contributed by atoms with Crippen LogP contribution in [0, 0.1) is 0 Å². The van der Waals surface area contributed by atoms with Crippen molar-refractivity contribution in [2.75, 3.05) is 0 Å². The Morgan fingerprint density at radius 1 is 1.03 bits per heavy atom. The van der Waals surface area contributed by atoms with Crippen LogP contribution in [0.4, 0.5) is 0 Å². The van der Waals surface area contributed by atoms with Gasteiger partial charge in [-0.2, -0.15) is 0 Å². The molecule has 3 aliphatic rings.